The van der Waals surface area contributed by atoms with E-state index in [2.05, 4.69) is 6.92 Å². The van der Waals surface area contributed by atoms with Crippen LogP contribution in [0.2, 0.25) is 0 Å². The van der Waals surface area contributed by atoms with Crippen LogP contribution in [0.15, 0.2) is 78.9 Å². The Morgan fingerprint density at radius 3 is 2.12 bits per heavy atom. The normalized spacial score (nSPS) is 11.7. The average molecular weight is 318 g/mol. The van der Waals surface area contributed by atoms with Gasteiger partial charge in [-0.05, 0) is 35.4 Å². The molecule has 1 N–H and O–H groups in total. The largest absolute Gasteiger partial charge is 0.478 e. The van der Waals surface area contributed by atoms with Crippen molar-refractivity contribution in [3.8, 4) is 11.5 Å². The Morgan fingerprint density at radius 2 is 1.50 bits per heavy atom. The van der Waals surface area contributed by atoms with Crippen molar-refractivity contribution < 1.29 is 14.6 Å². The molecule has 0 heterocycles. The van der Waals surface area contributed by atoms with Gasteiger partial charge in [-0.15, -0.1) is 0 Å². The quantitative estimate of drug-likeness (QED) is 0.691. The second-order valence-electron chi connectivity index (χ2n) is 5.61. The fraction of sp³-hybridized carbons (Fsp3) is 0.0952. The first-order valence-corrected chi connectivity index (χ1v) is 7.80. The highest BCUT2D eigenvalue weighted by Gasteiger charge is 2.16. The van der Waals surface area contributed by atoms with Crippen LogP contribution in [0.25, 0.3) is 0 Å². The second kappa shape index (κ2) is 7.01. The fourth-order valence-corrected chi connectivity index (χ4v) is 2.62. The van der Waals surface area contributed by atoms with Crippen molar-refractivity contribution in [2.75, 3.05) is 0 Å². The SMILES string of the molecule is CC(c1ccccc1)c1ccc(Oc2ccccc2)c(C(=O)O)c1. The number of para-hydroxylation sites is 1. The van der Waals surface area contributed by atoms with Crippen molar-refractivity contribution in [2.45, 2.75) is 12.8 Å². The summed E-state index contributed by atoms with van der Waals surface area (Å²) in [5.74, 6) is 0.0692. The maximum absolute atomic E-state index is 11.6. The van der Waals surface area contributed by atoms with Crippen LogP contribution >= 0.6 is 0 Å². The molecule has 0 fully saturated rings. The molecular weight excluding hydrogens is 300 g/mol. The van der Waals surface area contributed by atoms with Gasteiger partial charge in [0, 0.05) is 5.92 Å². The van der Waals surface area contributed by atoms with Crippen LogP contribution in [0.1, 0.15) is 34.3 Å². The summed E-state index contributed by atoms with van der Waals surface area (Å²) in [6.45, 7) is 2.06. The van der Waals surface area contributed by atoms with Gasteiger partial charge in [0.2, 0.25) is 0 Å². The minimum Gasteiger partial charge on any atom is -0.478 e. The standard InChI is InChI=1S/C21H18O3/c1-15(16-8-4-2-5-9-16)17-12-13-20(19(14-17)21(22)23)24-18-10-6-3-7-11-18/h2-15H,1H3,(H,22,23). The van der Waals surface area contributed by atoms with Crippen LogP contribution in [0.4, 0.5) is 0 Å². The van der Waals surface area contributed by atoms with E-state index >= 15 is 0 Å². The molecule has 0 aromatic heterocycles. The van der Waals surface area contributed by atoms with E-state index in [9.17, 15) is 9.90 Å². The summed E-state index contributed by atoms with van der Waals surface area (Å²) >= 11 is 0. The maximum atomic E-state index is 11.6. The van der Waals surface area contributed by atoms with Crippen molar-refractivity contribution in [1.29, 1.82) is 0 Å². The first-order chi connectivity index (χ1) is 11.6. The van der Waals surface area contributed by atoms with Gasteiger partial charge < -0.3 is 9.84 Å². The highest BCUT2D eigenvalue weighted by Crippen LogP contribution is 2.31. The van der Waals surface area contributed by atoms with E-state index in [1.807, 2.05) is 54.6 Å². The van der Waals surface area contributed by atoms with Gasteiger partial charge in [-0.1, -0.05) is 61.5 Å². The average Bonchev–Trinajstić information content (AvgIpc) is 2.63. The summed E-state index contributed by atoms with van der Waals surface area (Å²) in [5, 5.41) is 9.54. The van der Waals surface area contributed by atoms with Crippen LogP contribution in [-0.4, -0.2) is 11.1 Å². The van der Waals surface area contributed by atoms with E-state index in [-0.39, 0.29) is 11.5 Å². The van der Waals surface area contributed by atoms with Crippen molar-refractivity contribution in [2.24, 2.45) is 0 Å². The van der Waals surface area contributed by atoms with E-state index in [4.69, 9.17) is 4.74 Å². The number of hydrogen-bond donors (Lipinski definition) is 1. The van der Waals surface area contributed by atoms with E-state index in [1.165, 1.54) is 0 Å². The lowest BCUT2D eigenvalue weighted by molar-refractivity contribution is 0.0694. The molecule has 0 spiro atoms. The second-order valence-corrected chi connectivity index (χ2v) is 5.61. The Hall–Kier alpha value is -3.07. The number of benzene rings is 3. The molecule has 3 aromatic rings. The summed E-state index contributed by atoms with van der Waals surface area (Å²) in [5.41, 5.74) is 2.25. The van der Waals surface area contributed by atoms with Crippen LogP contribution < -0.4 is 4.74 Å². The molecule has 0 saturated carbocycles. The van der Waals surface area contributed by atoms with Gasteiger partial charge in [-0.2, -0.15) is 0 Å². The molecule has 120 valence electrons. The molecule has 0 aliphatic rings. The molecule has 3 nitrogen and oxygen atoms in total. The Kier molecular flexibility index (Phi) is 4.62. The number of carboxylic acid groups (broad SMARTS) is 1. The van der Waals surface area contributed by atoms with Crippen LogP contribution in [0.3, 0.4) is 0 Å². The number of aromatic carboxylic acids is 1. The third-order valence-corrected chi connectivity index (χ3v) is 4.00. The maximum Gasteiger partial charge on any atom is 0.339 e. The molecule has 0 amide bonds. The first-order valence-electron chi connectivity index (χ1n) is 7.80. The lowest BCUT2D eigenvalue weighted by Gasteiger charge is -2.15. The van der Waals surface area contributed by atoms with Crippen molar-refractivity contribution in [1.82, 2.24) is 0 Å². The number of carboxylic acids is 1. The smallest absolute Gasteiger partial charge is 0.339 e. The molecule has 3 rings (SSSR count). The zero-order valence-corrected chi connectivity index (χ0v) is 13.3. The van der Waals surface area contributed by atoms with E-state index in [0.29, 0.717) is 11.5 Å². The van der Waals surface area contributed by atoms with Crippen LogP contribution in [-0.2, 0) is 0 Å². The molecule has 0 aliphatic carbocycles. The van der Waals surface area contributed by atoms with E-state index < -0.39 is 5.97 Å². The Labute approximate surface area is 141 Å². The van der Waals surface area contributed by atoms with Gasteiger partial charge in [-0.25, -0.2) is 4.79 Å². The highest BCUT2D eigenvalue weighted by molar-refractivity contribution is 5.91. The third-order valence-electron chi connectivity index (χ3n) is 4.00. The number of hydrogen-bond acceptors (Lipinski definition) is 2. The minimum absolute atomic E-state index is 0.107. The molecule has 1 atom stereocenters. The topological polar surface area (TPSA) is 46.5 Å². The predicted octanol–water partition coefficient (Wildman–Crippen LogP) is 5.33. The van der Waals surface area contributed by atoms with Crippen LogP contribution in [0, 0.1) is 0 Å². The van der Waals surface area contributed by atoms with Gasteiger partial charge >= 0.3 is 5.97 Å². The van der Waals surface area contributed by atoms with Crippen molar-refractivity contribution in [3.63, 3.8) is 0 Å². The van der Waals surface area contributed by atoms with Crippen molar-refractivity contribution in [3.05, 3.63) is 95.6 Å². The summed E-state index contributed by atoms with van der Waals surface area (Å²) in [7, 11) is 0. The van der Waals surface area contributed by atoms with Gasteiger partial charge in [-0.3, -0.25) is 0 Å². The predicted molar refractivity (Wildman–Crippen MR) is 93.9 cm³/mol. The number of ether oxygens (including phenoxy) is 1. The summed E-state index contributed by atoms with van der Waals surface area (Å²) < 4.78 is 5.73. The summed E-state index contributed by atoms with van der Waals surface area (Å²) in [6, 6.07) is 24.5. The van der Waals surface area contributed by atoms with Gasteiger partial charge in [0.05, 0.1) is 0 Å². The Bertz CT molecular complexity index is 826. The molecular formula is C21H18O3. The first kappa shape index (κ1) is 15.8. The molecule has 24 heavy (non-hydrogen) atoms. The monoisotopic (exact) mass is 318 g/mol. The molecule has 0 aliphatic heterocycles. The Balaban J connectivity index is 1.94. The molecule has 0 radical (unpaired) electrons. The zero-order chi connectivity index (χ0) is 16.9. The summed E-state index contributed by atoms with van der Waals surface area (Å²) in [4.78, 5) is 11.6. The van der Waals surface area contributed by atoms with Gasteiger partial charge in [0.15, 0.2) is 0 Å². The molecule has 3 aromatic carbocycles. The molecule has 0 saturated heterocycles. The number of carbonyl (C=O) groups is 1. The Morgan fingerprint density at radius 1 is 0.875 bits per heavy atom. The highest BCUT2D eigenvalue weighted by atomic mass is 16.5. The lowest BCUT2D eigenvalue weighted by Crippen LogP contribution is -2.03. The molecule has 1 unspecified atom stereocenters. The zero-order valence-electron chi connectivity index (χ0n) is 13.3. The third kappa shape index (κ3) is 3.46. The van der Waals surface area contributed by atoms with Gasteiger partial charge in [0.25, 0.3) is 0 Å². The van der Waals surface area contributed by atoms with E-state index in [1.54, 1.807) is 24.3 Å². The van der Waals surface area contributed by atoms with E-state index in [0.717, 1.165) is 11.1 Å². The molecule has 3 heteroatoms. The van der Waals surface area contributed by atoms with Crippen molar-refractivity contribution >= 4 is 5.97 Å². The number of rotatable bonds is 5. The fourth-order valence-electron chi connectivity index (χ4n) is 2.62. The lowest BCUT2D eigenvalue weighted by atomic mass is 9.92. The molecule has 0 bridgehead atoms. The van der Waals surface area contributed by atoms with Gasteiger partial charge in [0.1, 0.15) is 17.1 Å². The summed E-state index contributed by atoms with van der Waals surface area (Å²) in [6.07, 6.45) is 0. The van der Waals surface area contributed by atoms with Crippen LogP contribution in [0.5, 0.6) is 11.5 Å². The minimum atomic E-state index is -0.997.